The van der Waals surface area contributed by atoms with Gasteiger partial charge in [0, 0.05) is 15.2 Å². The summed E-state index contributed by atoms with van der Waals surface area (Å²) in [5.41, 5.74) is 6.62. The summed E-state index contributed by atoms with van der Waals surface area (Å²) < 4.78 is 17.8. The lowest BCUT2D eigenvalue weighted by Gasteiger charge is -2.23. The molecule has 1 aliphatic carbocycles. The van der Waals surface area contributed by atoms with E-state index >= 15 is 0 Å². The Bertz CT molecular complexity index is 1300. The number of allylic oxidation sites excluding steroid dienone is 1. The number of methoxy groups -OCH3 is 1. The summed E-state index contributed by atoms with van der Waals surface area (Å²) in [6, 6.07) is 18.5. The van der Waals surface area contributed by atoms with E-state index in [-0.39, 0.29) is 24.5 Å². The first-order valence-electron chi connectivity index (χ1n) is 10.5. The second-order valence-electron chi connectivity index (χ2n) is 8.23. The summed E-state index contributed by atoms with van der Waals surface area (Å²) in [5.74, 6) is 1.78. The predicted octanol–water partition coefficient (Wildman–Crippen LogP) is 5.49. The lowest BCUT2D eigenvalue weighted by atomic mass is 9.78. The van der Waals surface area contributed by atoms with E-state index in [1.165, 1.54) is 16.7 Å². The lowest BCUT2D eigenvalue weighted by molar-refractivity contribution is -0.117. The maximum absolute atomic E-state index is 13.2. The third-order valence-electron chi connectivity index (χ3n) is 6.42. The van der Waals surface area contributed by atoms with E-state index in [0.29, 0.717) is 23.7 Å². The second kappa shape index (κ2) is 7.55. The number of benzene rings is 3. The van der Waals surface area contributed by atoms with Crippen LogP contribution in [0.25, 0.3) is 6.08 Å². The first-order chi connectivity index (χ1) is 15.6. The molecule has 2 unspecified atom stereocenters. The Morgan fingerprint density at radius 1 is 1.06 bits per heavy atom. The highest BCUT2D eigenvalue weighted by Gasteiger charge is 2.42. The minimum atomic E-state index is -0.259. The van der Waals surface area contributed by atoms with Crippen LogP contribution in [0.5, 0.6) is 17.2 Å². The SMILES string of the molecule is COc1cc(CC2=Cc3ccccc3C2C2C(=O)Nc3ccc(I)cc32)cc2c1OCO2. The van der Waals surface area contributed by atoms with Crippen molar-refractivity contribution >= 4 is 40.3 Å². The van der Waals surface area contributed by atoms with Crippen LogP contribution in [0.2, 0.25) is 0 Å². The summed E-state index contributed by atoms with van der Waals surface area (Å²) in [6.07, 6.45) is 2.92. The van der Waals surface area contributed by atoms with E-state index in [1.807, 2.05) is 30.3 Å². The molecule has 160 valence electrons. The smallest absolute Gasteiger partial charge is 0.232 e. The number of hydrogen-bond acceptors (Lipinski definition) is 4. The maximum Gasteiger partial charge on any atom is 0.232 e. The van der Waals surface area contributed by atoms with Crippen LogP contribution in [0.3, 0.4) is 0 Å². The predicted molar refractivity (Wildman–Crippen MR) is 131 cm³/mol. The second-order valence-corrected chi connectivity index (χ2v) is 9.48. The van der Waals surface area contributed by atoms with Gasteiger partial charge < -0.3 is 19.5 Å². The molecular weight excluding hydrogens is 517 g/mol. The quantitative estimate of drug-likeness (QED) is 0.448. The molecule has 0 spiro atoms. The summed E-state index contributed by atoms with van der Waals surface area (Å²) >= 11 is 2.31. The molecule has 6 heteroatoms. The van der Waals surface area contributed by atoms with E-state index in [4.69, 9.17) is 14.2 Å². The van der Waals surface area contributed by atoms with Crippen molar-refractivity contribution < 1.29 is 19.0 Å². The number of rotatable bonds is 4. The maximum atomic E-state index is 13.2. The van der Waals surface area contributed by atoms with E-state index in [0.717, 1.165) is 20.4 Å². The van der Waals surface area contributed by atoms with Crippen LogP contribution < -0.4 is 19.5 Å². The molecule has 2 aliphatic heterocycles. The zero-order chi connectivity index (χ0) is 21.8. The molecule has 32 heavy (non-hydrogen) atoms. The first kappa shape index (κ1) is 19.7. The molecule has 3 aromatic carbocycles. The van der Waals surface area contributed by atoms with Crippen LogP contribution >= 0.6 is 22.6 Å². The van der Waals surface area contributed by atoms with Gasteiger partial charge in [-0.05, 0) is 81.6 Å². The molecule has 5 nitrogen and oxygen atoms in total. The fourth-order valence-corrected chi connectivity index (χ4v) is 5.59. The number of nitrogens with one attached hydrogen (secondary N) is 1. The van der Waals surface area contributed by atoms with Crippen LogP contribution in [0.4, 0.5) is 5.69 Å². The Morgan fingerprint density at radius 3 is 2.81 bits per heavy atom. The molecule has 0 radical (unpaired) electrons. The number of halogens is 1. The minimum Gasteiger partial charge on any atom is -0.493 e. The Hall–Kier alpha value is -3.00. The van der Waals surface area contributed by atoms with Crippen LogP contribution in [0.1, 0.15) is 34.1 Å². The molecule has 6 rings (SSSR count). The van der Waals surface area contributed by atoms with Gasteiger partial charge >= 0.3 is 0 Å². The first-order valence-corrected chi connectivity index (χ1v) is 11.6. The number of anilines is 1. The topological polar surface area (TPSA) is 56.8 Å². The third kappa shape index (κ3) is 3.08. The van der Waals surface area contributed by atoms with Crippen LogP contribution in [0.15, 0.2) is 60.2 Å². The normalized spacial score (nSPS) is 19.9. The van der Waals surface area contributed by atoms with Gasteiger partial charge in [0.05, 0.1) is 13.0 Å². The molecule has 2 heterocycles. The van der Waals surface area contributed by atoms with Crippen molar-refractivity contribution in [2.75, 3.05) is 19.2 Å². The minimum absolute atomic E-state index is 0.0259. The van der Waals surface area contributed by atoms with Gasteiger partial charge in [0.25, 0.3) is 0 Å². The van der Waals surface area contributed by atoms with Gasteiger partial charge in [-0.25, -0.2) is 0 Å². The van der Waals surface area contributed by atoms with Crippen molar-refractivity contribution in [3.63, 3.8) is 0 Å². The highest BCUT2D eigenvalue weighted by atomic mass is 127. The Labute approximate surface area is 199 Å². The van der Waals surface area contributed by atoms with Crippen LogP contribution in [0, 0.1) is 3.57 Å². The Balaban J connectivity index is 1.43. The molecule has 1 N–H and O–H groups in total. The molecule has 3 aromatic rings. The molecule has 0 saturated heterocycles. The van der Waals surface area contributed by atoms with Crippen molar-refractivity contribution in [3.8, 4) is 17.2 Å². The molecule has 0 saturated carbocycles. The van der Waals surface area contributed by atoms with E-state index in [1.54, 1.807) is 7.11 Å². The summed E-state index contributed by atoms with van der Waals surface area (Å²) in [6.45, 7) is 0.198. The number of fused-ring (bicyclic) bond motifs is 3. The fraction of sp³-hybridized carbons (Fsp3) is 0.192. The van der Waals surface area contributed by atoms with E-state index in [2.05, 4.69) is 58.2 Å². The Kier molecular flexibility index (Phi) is 4.64. The van der Waals surface area contributed by atoms with Gasteiger partial charge in [0.2, 0.25) is 18.4 Å². The van der Waals surface area contributed by atoms with Crippen molar-refractivity contribution in [1.82, 2.24) is 0 Å². The van der Waals surface area contributed by atoms with E-state index < -0.39 is 0 Å². The van der Waals surface area contributed by atoms with Gasteiger partial charge in [0.15, 0.2) is 11.5 Å². The molecule has 3 aliphatic rings. The number of carbonyl (C=O) groups is 1. The molecule has 0 bridgehead atoms. The van der Waals surface area contributed by atoms with Crippen molar-refractivity contribution in [1.29, 1.82) is 0 Å². The molecular formula is C26H20INO4. The zero-order valence-electron chi connectivity index (χ0n) is 17.4. The number of hydrogen-bond donors (Lipinski definition) is 1. The summed E-state index contributed by atoms with van der Waals surface area (Å²) in [7, 11) is 1.63. The van der Waals surface area contributed by atoms with Gasteiger partial charge in [-0.1, -0.05) is 35.9 Å². The average molecular weight is 537 g/mol. The van der Waals surface area contributed by atoms with Crippen molar-refractivity contribution in [2.45, 2.75) is 18.3 Å². The van der Waals surface area contributed by atoms with Gasteiger partial charge in [0.1, 0.15) is 0 Å². The lowest BCUT2D eigenvalue weighted by Crippen LogP contribution is -2.20. The van der Waals surface area contributed by atoms with Gasteiger partial charge in [-0.15, -0.1) is 0 Å². The number of amides is 1. The average Bonchev–Trinajstić information content (AvgIpc) is 3.48. The largest absolute Gasteiger partial charge is 0.493 e. The molecule has 0 fully saturated rings. The third-order valence-corrected chi connectivity index (χ3v) is 7.09. The number of ether oxygens (including phenoxy) is 3. The van der Waals surface area contributed by atoms with Crippen LogP contribution in [-0.2, 0) is 11.2 Å². The molecule has 0 aromatic heterocycles. The zero-order valence-corrected chi connectivity index (χ0v) is 19.5. The van der Waals surface area contributed by atoms with Crippen molar-refractivity contribution in [2.24, 2.45) is 0 Å². The number of carbonyl (C=O) groups excluding carboxylic acids is 1. The van der Waals surface area contributed by atoms with Gasteiger partial charge in [-0.2, -0.15) is 0 Å². The standard InChI is InChI=1S/C26H20INO4/c1-30-21-9-14(10-22-25(21)32-13-31-22)8-16-11-15-4-2-3-5-18(15)23(16)24-19-12-17(27)6-7-20(19)28-26(24)29/h2-7,9-12,23-24H,8,13H2,1H3,(H,28,29). The molecule has 2 atom stereocenters. The highest BCUT2D eigenvalue weighted by Crippen LogP contribution is 2.51. The summed E-state index contributed by atoms with van der Waals surface area (Å²) in [5, 5.41) is 3.09. The monoisotopic (exact) mass is 537 g/mol. The highest BCUT2D eigenvalue weighted by molar-refractivity contribution is 14.1. The van der Waals surface area contributed by atoms with Gasteiger partial charge in [-0.3, -0.25) is 4.79 Å². The Morgan fingerprint density at radius 2 is 1.94 bits per heavy atom. The fourth-order valence-electron chi connectivity index (χ4n) is 5.08. The van der Waals surface area contributed by atoms with Crippen LogP contribution in [-0.4, -0.2) is 19.8 Å². The van der Waals surface area contributed by atoms with Crippen molar-refractivity contribution in [3.05, 3.63) is 86.0 Å². The summed E-state index contributed by atoms with van der Waals surface area (Å²) in [4.78, 5) is 13.2. The molecule has 1 amide bonds. The van der Waals surface area contributed by atoms with E-state index in [9.17, 15) is 4.79 Å².